The lowest BCUT2D eigenvalue weighted by atomic mass is 10.0. The predicted molar refractivity (Wildman–Crippen MR) is 81.5 cm³/mol. The van der Waals surface area contributed by atoms with Crippen LogP contribution in [0, 0.1) is 0 Å². The van der Waals surface area contributed by atoms with Gasteiger partial charge in [-0.1, -0.05) is 56.4 Å². The van der Waals surface area contributed by atoms with Gasteiger partial charge in [0.05, 0.1) is 6.04 Å². The summed E-state index contributed by atoms with van der Waals surface area (Å²) >= 11 is 1.67. The van der Waals surface area contributed by atoms with E-state index >= 15 is 0 Å². The van der Waals surface area contributed by atoms with Crippen LogP contribution in [0.15, 0.2) is 24.3 Å². The zero-order valence-corrected chi connectivity index (χ0v) is 12.8. The summed E-state index contributed by atoms with van der Waals surface area (Å²) in [6.45, 7) is 6.56. The van der Waals surface area contributed by atoms with Crippen LogP contribution in [0.1, 0.15) is 49.7 Å². The topological polar surface area (TPSA) is 37.8 Å². The molecule has 1 N–H and O–H groups in total. The lowest BCUT2D eigenvalue weighted by molar-refractivity contribution is 0.568. The Hall–Kier alpha value is -1.26. The third kappa shape index (κ3) is 3.19. The smallest absolute Gasteiger partial charge is 0.147 e. The van der Waals surface area contributed by atoms with Gasteiger partial charge in [-0.3, -0.25) is 0 Å². The van der Waals surface area contributed by atoms with Gasteiger partial charge in [0.15, 0.2) is 0 Å². The number of benzene rings is 1. The van der Waals surface area contributed by atoms with Crippen molar-refractivity contribution in [1.29, 1.82) is 0 Å². The summed E-state index contributed by atoms with van der Waals surface area (Å²) in [6, 6.07) is 8.94. The first-order valence-electron chi connectivity index (χ1n) is 6.76. The molecule has 0 saturated carbocycles. The maximum atomic E-state index is 4.31. The van der Waals surface area contributed by atoms with Crippen molar-refractivity contribution in [3.63, 3.8) is 0 Å². The standard InChI is InChI=1S/C15H21N3S/c1-5-13(16-4)15-18-17-14(19-15)12-8-6-11(7-9-12)10(2)3/h6-10,13,16H,5H2,1-4H3. The number of nitrogens with one attached hydrogen (secondary N) is 1. The van der Waals surface area contributed by atoms with Gasteiger partial charge >= 0.3 is 0 Å². The van der Waals surface area contributed by atoms with Gasteiger partial charge in [-0.2, -0.15) is 0 Å². The van der Waals surface area contributed by atoms with Crippen LogP contribution in [-0.4, -0.2) is 17.2 Å². The third-order valence-electron chi connectivity index (χ3n) is 3.32. The first kappa shape index (κ1) is 14.2. The molecule has 0 amide bonds. The fourth-order valence-electron chi connectivity index (χ4n) is 2.00. The molecule has 1 atom stereocenters. The summed E-state index contributed by atoms with van der Waals surface area (Å²) in [5.74, 6) is 0.563. The Morgan fingerprint density at radius 3 is 2.37 bits per heavy atom. The van der Waals surface area contributed by atoms with Crippen molar-refractivity contribution in [1.82, 2.24) is 15.5 Å². The number of aromatic nitrogens is 2. The van der Waals surface area contributed by atoms with Crippen molar-refractivity contribution >= 4 is 11.3 Å². The second kappa shape index (κ2) is 6.26. The molecule has 4 heteroatoms. The van der Waals surface area contributed by atoms with Gasteiger partial charge in [-0.05, 0) is 24.9 Å². The highest BCUT2D eigenvalue weighted by molar-refractivity contribution is 7.14. The Labute approximate surface area is 119 Å². The van der Waals surface area contributed by atoms with Crippen molar-refractivity contribution in [2.45, 2.75) is 39.2 Å². The van der Waals surface area contributed by atoms with Crippen LogP contribution in [0.25, 0.3) is 10.6 Å². The molecule has 1 aromatic heterocycles. The quantitative estimate of drug-likeness (QED) is 0.896. The Morgan fingerprint density at radius 1 is 1.16 bits per heavy atom. The molecule has 2 rings (SSSR count). The summed E-state index contributed by atoms with van der Waals surface area (Å²) in [5, 5.41) is 13.9. The first-order chi connectivity index (χ1) is 9.15. The van der Waals surface area contributed by atoms with Gasteiger partial charge in [0.2, 0.25) is 0 Å². The molecule has 1 aromatic carbocycles. The average molecular weight is 275 g/mol. The van der Waals surface area contributed by atoms with E-state index in [9.17, 15) is 0 Å². The van der Waals surface area contributed by atoms with E-state index < -0.39 is 0 Å². The van der Waals surface area contributed by atoms with Gasteiger partial charge in [-0.15, -0.1) is 10.2 Å². The Kier molecular flexibility index (Phi) is 4.66. The fraction of sp³-hybridized carbons (Fsp3) is 0.467. The summed E-state index contributed by atoms with van der Waals surface area (Å²) in [6.07, 6.45) is 1.03. The van der Waals surface area contributed by atoms with Gasteiger partial charge in [0.1, 0.15) is 10.0 Å². The zero-order valence-electron chi connectivity index (χ0n) is 12.0. The molecule has 0 spiro atoms. The molecule has 1 heterocycles. The van der Waals surface area contributed by atoms with Crippen LogP contribution < -0.4 is 5.32 Å². The van der Waals surface area contributed by atoms with Crippen molar-refractivity contribution in [3.8, 4) is 10.6 Å². The molecule has 0 bridgehead atoms. The monoisotopic (exact) mass is 275 g/mol. The highest BCUT2D eigenvalue weighted by atomic mass is 32.1. The minimum absolute atomic E-state index is 0.307. The number of rotatable bonds is 5. The van der Waals surface area contributed by atoms with Crippen LogP contribution in [0.5, 0.6) is 0 Å². The second-order valence-electron chi connectivity index (χ2n) is 4.97. The molecular formula is C15H21N3S. The van der Waals surface area contributed by atoms with E-state index in [-0.39, 0.29) is 0 Å². The van der Waals surface area contributed by atoms with Crippen LogP contribution in [-0.2, 0) is 0 Å². The summed E-state index contributed by atoms with van der Waals surface area (Å²) in [5.41, 5.74) is 2.51. The lowest BCUT2D eigenvalue weighted by Crippen LogP contribution is -2.14. The van der Waals surface area contributed by atoms with Gasteiger partial charge in [-0.25, -0.2) is 0 Å². The highest BCUT2D eigenvalue weighted by Crippen LogP contribution is 2.28. The largest absolute Gasteiger partial charge is 0.311 e. The normalized spacial score (nSPS) is 12.9. The van der Waals surface area contributed by atoms with Crippen molar-refractivity contribution in [2.24, 2.45) is 0 Å². The predicted octanol–water partition coefficient (Wildman–Crippen LogP) is 4.00. The maximum absolute atomic E-state index is 4.31. The maximum Gasteiger partial charge on any atom is 0.147 e. The average Bonchev–Trinajstić information content (AvgIpc) is 2.90. The Morgan fingerprint density at radius 2 is 1.84 bits per heavy atom. The summed E-state index contributed by atoms with van der Waals surface area (Å²) < 4.78 is 0. The van der Waals surface area contributed by atoms with E-state index in [1.54, 1.807) is 11.3 Å². The lowest BCUT2D eigenvalue weighted by Gasteiger charge is -2.08. The molecular weight excluding hydrogens is 254 g/mol. The number of nitrogens with zero attached hydrogens (tertiary/aromatic N) is 2. The van der Waals surface area contributed by atoms with Crippen LogP contribution in [0.2, 0.25) is 0 Å². The van der Waals surface area contributed by atoms with E-state index in [2.05, 4.69) is 60.6 Å². The minimum atomic E-state index is 0.307. The molecule has 1 unspecified atom stereocenters. The van der Waals surface area contributed by atoms with E-state index in [0.29, 0.717) is 12.0 Å². The molecule has 0 fully saturated rings. The molecule has 0 aliphatic heterocycles. The molecule has 0 aliphatic carbocycles. The molecule has 0 saturated heterocycles. The van der Waals surface area contributed by atoms with Crippen LogP contribution in [0.3, 0.4) is 0 Å². The van der Waals surface area contributed by atoms with E-state index in [1.807, 2.05) is 7.05 Å². The van der Waals surface area contributed by atoms with E-state index in [4.69, 9.17) is 0 Å². The van der Waals surface area contributed by atoms with E-state index in [1.165, 1.54) is 5.56 Å². The molecule has 3 nitrogen and oxygen atoms in total. The van der Waals surface area contributed by atoms with Crippen molar-refractivity contribution < 1.29 is 0 Å². The van der Waals surface area contributed by atoms with Gasteiger partial charge in [0.25, 0.3) is 0 Å². The minimum Gasteiger partial charge on any atom is -0.311 e. The molecule has 2 aromatic rings. The third-order valence-corrected chi connectivity index (χ3v) is 4.41. The molecule has 19 heavy (non-hydrogen) atoms. The zero-order chi connectivity index (χ0) is 13.8. The molecule has 0 aliphatic rings. The second-order valence-corrected chi connectivity index (χ2v) is 5.98. The number of hydrogen-bond acceptors (Lipinski definition) is 4. The molecule has 102 valence electrons. The first-order valence-corrected chi connectivity index (χ1v) is 7.58. The Bertz CT molecular complexity index is 512. The highest BCUT2D eigenvalue weighted by Gasteiger charge is 2.13. The number of hydrogen-bond donors (Lipinski definition) is 1. The van der Waals surface area contributed by atoms with Gasteiger partial charge < -0.3 is 5.32 Å². The SMILES string of the molecule is CCC(NC)c1nnc(-c2ccc(C(C)C)cc2)s1. The van der Waals surface area contributed by atoms with Crippen LogP contribution >= 0.6 is 11.3 Å². The summed E-state index contributed by atoms with van der Waals surface area (Å²) in [7, 11) is 1.96. The van der Waals surface area contributed by atoms with Crippen LogP contribution in [0.4, 0.5) is 0 Å². The van der Waals surface area contributed by atoms with E-state index in [0.717, 1.165) is 22.0 Å². The van der Waals surface area contributed by atoms with Crippen molar-refractivity contribution in [2.75, 3.05) is 7.05 Å². The fourth-order valence-corrected chi connectivity index (χ4v) is 3.05. The van der Waals surface area contributed by atoms with Crippen molar-refractivity contribution in [3.05, 3.63) is 34.8 Å². The Balaban J connectivity index is 2.22. The molecule has 0 radical (unpaired) electrons. The summed E-state index contributed by atoms with van der Waals surface area (Å²) in [4.78, 5) is 0. The van der Waals surface area contributed by atoms with Gasteiger partial charge in [0, 0.05) is 5.56 Å².